The second-order valence-corrected chi connectivity index (χ2v) is 2.21. The number of aliphatic imine (C=N–C) groups is 1. The summed E-state index contributed by atoms with van der Waals surface area (Å²) in [5.74, 6) is 5.75. The fourth-order valence-corrected chi connectivity index (χ4v) is 0.563. The molecule has 0 atom stereocenters. The fourth-order valence-electron chi connectivity index (χ4n) is 0.563. The van der Waals surface area contributed by atoms with Crippen LogP contribution in [0.1, 0.15) is 27.2 Å². The van der Waals surface area contributed by atoms with Crippen LogP contribution >= 0.6 is 0 Å². The van der Waals surface area contributed by atoms with Gasteiger partial charge in [-0.3, -0.25) is 4.99 Å². The highest BCUT2D eigenvalue weighted by Crippen LogP contribution is 2.07. The lowest BCUT2D eigenvalue weighted by molar-refractivity contribution is 1.12. The van der Waals surface area contributed by atoms with Crippen molar-refractivity contribution >= 4 is 6.72 Å². The molecule has 0 amide bonds. The molecular formula is C9H13N. The summed E-state index contributed by atoms with van der Waals surface area (Å²) < 4.78 is 0. The topological polar surface area (TPSA) is 12.4 Å². The zero-order chi connectivity index (χ0) is 7.98. The molecule has 0 unspecified atom stereocenters. The van der Waals surface area contributed by atoms with E-state index >= 15 is 0 Å². The third-order valence-corrected chi connectivity index (χ3v) is 1.20. The van der Waals surface area contributed by atoms with Gasteiger partial charge in [0.1, 0.15) is 0 Å². The van der Waals surface area contributed by atoms with E-state index in [0.717, 1.165) is 12.1 Å². The molecule has 0 heterocycles. The van der Waals surface area contributed by atoms with Crippen molar-refractivity contribution < 1.29 is 0 Å². The molecule has 0 saturated carbocycles. The minimum atomic E-state index is 0.725. The van der Waals surface area contributed by atoms with Gasteiger partial charge in [-0.15, -0.1) is 5.92 Å². The molecule has 54 valence electrons. The summed E-state index contributed by atoms with van der Waals surface area (Å²) in [5.41, 5.74) is 2.19. The van der Waals surface area contributed by atoms with Crippen LogP contribution in [0.5, 0.6) is 0 Å². The summed E-state index contributed by atoms with van der Waals surface area (Å²) in [6.45, 7) is 9.32. The Hall–Kier alpha value is -1.03. The van der Waals surface area contributed by atoms with Crippen LogP contribution in [0.2, 0.25) is 0 Å². The van der Waals surface area contributed by atoms with Gasteiger partial charge in [-0.25, -0.2) is 0 Å². The highest BCUT2D eigenvalue weighted by Gasteiger charge is 1.90. The van der Waals surface area contributed by atoms with Crippen molar-refractivity contribution in [1.29, 1.82) is 0 Å². The molecule has 1 heteroatoms. The van der Waals surface area contributed by atoms with Gasteiger partial charge in [0, 0.05) is 0 Å². The van der Waals surface area contributed by atoms with E-state index in [9.17, 15) is 0 Å². The second-order valence-electron chi connectivity index (χ2n) is 2.21. The van der Waals surface area contributed by atoms with Gasteiger partial charge in [-0.05, 0) is 27.5 Å². The van der Waals surface area contributed by atoms with Gasteiger partial charge in [0.15, 0.2) is 0 Å². The number of allylic oxidation sites excluding steroid dienone is 2. The maximum Gasteiger partial charge on any atom is 0.0512 e. The smallest absolute Gasteiger partial charge is 0.0512 e. The van der Waals surface area contributed by atoms with Crippen LogP contribution in [-0.4, -0.2) is 6.72 Å². The standard InChI is InChI=1S/C9H13N/c1-5-6-7-9(10-4)8(2)3/h4,7H2,1-3H3. The van der Waals surface area contributed by atoms with Crippen molar-refractivity contribution in [2.45, 2.75) is 27.2 Å². The monoisotopic (exact) mass is 135 g/mol. The summed E-state index contributed by atoms with van der Waals surface area (Å²) in [4.78, 5) is 3.85. The highest BCUT2D eigenvalue weighted by atomic mass is 14.7. The molecule has 0 spiro atoms. The van der Waals surface area contributed by atoms with E-state index in [1.54, 1.807) is 0 Å². The SMILES string of the molecule is C=NC(CC#CC)=C(C)C. The van der Waals surface area contributed by atoms with Crippen molar-refractivity contribution in [2.75, 3.05) is 0 Å². The van der Waals surface area contributed by atoms with E-state index in [4.69, 9.17) is 0 Å². The van der Waals surface area contributed by atoms with Gasteiger partial charge in [-0.2, -0.15) is 0 Å². The Morgan fingerprint density at radius 3 is 2.40 bits per heavy atom. The van der Waals surface area contributed by atoms with E-state index in [1.807, 2.05) is 20.8 Å². The first-order chi connectivity index (χ1) is 4.72. The molecule has 0 N–H and O–H groups in total. The van der Waals surface area contributed by atoms with Crippen LogP contribution < -0.4 is 0 Å². The highest BCUT2D eigenvalue weighted by molar-refractivity contribution is 5.31. The van der Waals surface area contributed by atoms with Crippen LogP contribution in [0.3, 0.4) is 0 Å². The average Bonchev–Trinajstić information content (AvgIpc) is 1.89. The van der Waals surface area contributed by atoms with E-state index in [1.165, 1.54) is 5.57 Å². The molecule has 0 aromatic rings. The van der Waals surface area contributed by atoms with Gasteiger partial charge in [0.2, 0.25) is 0 Å². The number of nitrogens with zero attached hydrogens (tertiary/aromatic N) is 1. The predicted molar refractivity (Wildman–Crippen MR) is 46.0 cm³/mol. The molecule has 0 aliphatic rings. The molecule has 0 fully saturated rings. The first-order valence-corrected chi connectivity index (χ1v) is 3.25. The van der Waals surface area contributed by atoms with Gasteiger partial charge < -0.3 is 0 Å². The third-order valence-electron chi connectivity index (χ3n) is 1.20. The molecule has 0 rings (SSSR count). The lowest BCUT2D eigenvalue weighted by atomic mass is 10.2. The van der Waals surface area contributed by atoms with E-state index in [2.05, 4.69) is 23.6 Å². The molecule has 0 aromatic heterocycles. The maximum absolute atomic E-state index is 3.85. The zero-order valence-electron chi connectivity index (χ0n) is 6.86. The van der Waals surface area contributed by atoms with Crippen molar-refractivity contribution in [3.05, 3.63) is 11.3 Å². The average molecular weight is 135 g/mol. The Labute approximate surface area is 62.9 Å². The van der Waals surface area contributed by atoms with Crippen LogP contribution in [0.4, 0.5) is 0 Å². The number of hydrogen-bond acceptors (Lipinski definition) is 1. The molecular weight excluding hydrogens is 122 g/mol. The fraction of sp³-hybridized carbons (Fsp3) is 0.444. The van der Waals surface area contributed by atoms with Crippen molar-refractivity contribution in [1.82, 2.24) is 0 Å². The molecule has 0 aliphatic heterocycles. The summed E-state index contributed by atoms with van der Waals surface area (Å²) in [6.07, 6.45) is 0.725. The minimum Gasteiger partial charge on any atom is -0.268 e. The first kappa shape index (κ1) is 8.97. The minimum absolute atomic E-state index is 0.725. The molecule has 0 radical (unpaired) electrons. The molecule has 0 bridgehead atoms. The Morgan fingerprint density at radius 1 is 1.50 bits per heavy atom. The molecule has 0 aliphatic carbocycles. The molecule has 0 aromatic carbocycles. The van der Waals surface area contributed by atoms with Gasteiger partial charge in [0.25, 0.3) is 0 Å². The van der Waals surface area contributed by atoms with Crippen molar-refractivity contribution in [3.8, 4) is 11.8 Å². The van der Waals surface area contributed by atoms with E-state index in [-0.39, 0.29) is 0 Å². The van der Waals surface area contributed by atoms with Crippen LogP contribution in [0.25, 0.3) is 0 Å². The quantitative estimate of drug-likeness (QED) is 0.407. The summed E-state index contributed by atoms with van der Waals surface area (Å²) in [6, 6.07) is 0. The van der Waals surface area contributed by atoms with Crippen molar-refractivity contribution in [2.24, 2.45) is 4.99 Å². The van der Waals surface area contributed by atoms with E-state index < -0.39 is 0 Å². The maximum atomic E-state index is 3.85. The Morgan fingerprint density at radius 2 is 2.10 bits per heavy atom. The van der Waals surface area contributed by atoms with Gasteiger partial charge in [-0.1, -0.05) is 11.5 Å². The summed E-state index contributed by atoms with van der Waals surface area (Å²) in [7, 11) is 0. The normalized spacial score (nSPS) is 7.50. The van der Waals surface area contributed by atoms with Crippen LogP contribution in [-0.2, 0) is 0 Å². The number of rotatable bonds is 2. The van der Waals surface area contributed by atoms with Crippen molar-refractivity contribution in [3.63, 3.8) is 0 Å². The van der Waals surface area contributed by atoms with Crippen LogP contribution in [0, 0.1) is 11.8 Å². The second kappa shape index (κ2) is 4.81. The largest absolute Gasteiger partial charge is 0.268 e. The Kier molecular flexibility index (Phi) is 4.32. The molecule has 1 nitrogen and oxygen atoms in total. The third kappa shape index (κ3) is 3.09. The Balaban J connectivity index is 4.20. The lowest BCUT2D eigenvalue weighted by Crippen LogP contribution is -1.79. The van der Waals surface area contributed by atoms with Crippen LogP contribution in [0.15, 0.2) is 16.3 Å². The molecule has 10 heavy (non-hydrogen) atoms. The van der Waals surface area contributed by atoms with Gasteiger partial charge in [0.05, 0.1) is 12.1 Å². The number of hydrogen-bond donors (Lipinski definition) is 0. The predicted octanol–water partition coefficient (Wildman–Crippen LogP) is 2.39. The Bertz CT molecular complexity index is 197. The molecule has 0 saturated heterocycles. The summed E-state index contributed by atoms with van der Waals surface area (Å²) in [5, 5.41) is 0. The van der Waals surface area contributed by atoms with Gasteiger partial charge >= 0.3 is 0 Å². The van der Waals surface area contributed by atoms with E-state index in [0.29, 0.717) is 0 Å². The zero-order valence-corrected chi connectivity index (χ0v) is 6.86. The summed E-state index contributed by atoms with van der Waals surface area (Å²) >= 11 is 0. The first-order valence-electron chi connectivity index (χ1n) is 3.25. The lowest BCUT2D eigenvalue weighted by Gasteiger charge is -1.95.